The van der Waals surface area contributed by atoms with Crippen molar-refractivity contribution in [2.45, 2.75) is 38.1 Å². The molecule has 0 radical (unpaired) electrons. The number of pyridine rings is 1. The van der Waals surface area contributed by atoms with Crippen LogP contribution >= 0.6 is 11.3 Å². The maximum atomic E-state index is 13.9. The van der Waals surface area contributed by atoms with Gasteiger partial charge in [-0.25, -0.2) is 0 Å². The molecule has 5 aromatic rings. The lowest BCUT2D eigenvalue weighted by Gasteiger charge is -2.32. The van der Waals surface area contributed by atoms with Gasteiger partial charge in [0.2, 0.25) is 0 Å². The van der Waals surface area contributed by atoms with E-state index in [-0.39, 0.29) is 11.7 Å². The number of carbonyl (C=O) groups excluding carboxylic acids is 1. The zero-order valence-electron chi connectivity index (χ0n) is 22.4. The number of aromatic hydroxyl groups is 1. The number of carbonyl (C=O) groups is 1. The smallest absolute Gasteiger partial charge is 0.257 e. The van der Waals surface area contributed by atoms with Crippen LogP contribution in [0.3, 0.4) is 0 Å². The number of hydrogen-bond donors (Lipinski definition) is 2. The molecule has 0 saturated carbocycles. The Balaban J connectivity index is 1.25. The Bertz CT molecular complexity index is 1570. The number of likely N-dealkylation sites (tertiary alicyclic amines) is 1. The second kappa shape index (κ2) is 11.9. The highest BCUT2D eigenvalue weighted by atomic mass is 32.1. The van der Waals surface area contributed by atoms with Gasteiger partial charge in [-0.05, 0) is 71.4 Å². The number of phenols is 1. The molecular weight excluding hydrogens is 514 g/mol. The zero-order chi connectivity index (χ0) is 27.3. The number of fused-ring (bicyclic) bond motifs is 1. The molecule has 0 bridgehead atoms. The van der Waals surface area contributed by atoms with E-state index < -0.39 is 0 Å². The van der Waals surface area contributed by atoms with Gasteiger partial charge < -0.3 is 15.3 Å². The minimum atomic E-state index is 0.0514. The fraction of sp³-hybridized carbons (Fsp3) is 0.235. The molecule has 3 aromatic carbocycles. The fourth-order valence-electron chi connectivity index (χ4n) is 5.58. The van der Waals surface area contributed by atoms with Crippen molar-refractivity contribution >= 4 is 33.1 Å². The van der Waals surface area contributed by atoms with Crippen molar-refractivity contribution in [3.05, 3.63) is 124 Å². The molecule has 1 fully saturated rings. The van der Waals surface area contributed by atoms with Crippen LogP contribution in [0.25, 0.3) is 10.2 Å². The molecule has 6 heteroatoms. The third-order valence-corrected chi connectivity index (χ3v) is 8.91. The first kappa shape index (κ1) is 26.1. The standard InChI is InChI=1S/C34H33N3O2S/c38-29-15-12-24(13-16-29)11-14-28-23-40-33-31(28)36-22-30(32(33)35-21-25-7-3-1-4-8-25)34(39)37-19-17-27(18-20-37)26-9-5-2-6-10-26/h1-10,12-13,15-16,22-23,27,38H,11,14,17-21H2,(H,35,36). The van der Waals surface area contributed by atoms with Crippen molar-refractivity contribution in [2.24, 2.45) is 0 Å². The molecule has 6 rings (SSSR count). The van der Waals surface area contributed by atoms with Crippen LogP contribution in [-0.2, 0) is 19.4 Å². The number of amides is 1. The summed E-state index contributed by atoms with van der Waals surface area (Å²) in [6.07, 6.45) is 5.42. The minimum absolute atomic E-state index is 0.0514. The van der Waals surface area contributed by atoms with E-state index >= 15 is 0 Å². The molecular formula is C34H33N3O2S. The summed E-state index contributed by atoms with van der Waals surface area (Å²) in [4.78, 5) is 20.7. The van der Waals surface area contributed by atoms with Crippen LogP contribution in [0.2, 0.25) is 0 Å². The number of anilines is 1. The Morgan fingerprint density at radius 1 is 0.900 bits per heavy atom. The van der Waals surface area contributed by atoms with Crippen LogP contribution in [-0.4, -0.2) is 34.0 Å². The van der Waals surface area contributed by atoms with Gasteiger partial charge in [0.15, 0.2) is 0 Å². The van der Waals surface area contributed by atoms with Crippen molar-refractivity contribution in [3.8, 4) is 5.75 Å². The van der Waals surface area contributed by atoms with E-state index in [0.717, 1.165) is 54.7 Å². The first-order valence-electron chi connectivity index (χ1n) is 13.9. The van der Waals surface area contributed by atoms with Gasteiger partial charge in [0, 0.05) is 25.8 Å². The van der Waals surface area contributed by atoms with Crippen LogP contribution in [0.15, 0.2) is 96.5 Å². The van der Waals surface area contributed by atoms with E-state index in [0.29, 0.717) is 18.0 Å². The van der Waals surface area contributed by atoms with Crippen LogP contribution in [0.1, 0.15) is 51.4 Å². The molecule has 1 amide bonds. The Hall–Kier alpha value is -4.16. The molecule has 1 aliphatic rings. The van der Waals surface area contributed by atoms with Crippen LogP contribution < -0.4 is 5.32 Å². The number of thiophene rings is 1. The van der Waals surface area contributed by atoms with Gasteiger partial charge in [-0.3, -0.25) is 9.78 Å². The van der Waals surface area contributed by atoms with Gasteiger partial charge in [0.1, 0.15) is 5.75 Å². The fourth-order valence-corrected chi connectivity index (χ4v) is 6.66. The molecule has 0 spiro atoms. The molecule has 2 aromatic heterocycles. The van der Waals surface area contributed by atoms with Crippen molar-refractivity contribution in [3.63, 3.8) is 0 Å². The molecule has 5 nitrogen and oxygen atoms in total. The predicted molar refractivity (Wildman–Crippen MR) is 163 cm³/mol. The van der Waals surface area contributed by atoms with Crippen molar-refractivity contribution in [1.82, 2.24) is 9.88 Å². The lowest BCUT2D eigenvalue weighted by Crippen LogP contribution is -2.38. The lowest BCUT2D eigenvalue weighted by molar-refractivity contribution is 0.0713. The number of aromatic nitrogens is 1. The molecule has 0 aliphatic carbocycles. The second-order valence-electron chi connectivity index (χ2n) is 10.5. The van der Waals surface area contributed by atoms with E-state index in [2.05, 4.69) is 53.2 Å². The Labute approximate surface area is 239 Å². The molecule has 3 heterocycles. The van der Waals surface area contributed by atoms with Gasteiger partial charge in [-0.2, -0.15) is 0 Å². The molecule has 0 atom stereocenters. The first-order chi connectivity index (χ1) is 19.7. The second-order valence-corrected chi connectivity index (χ2v) is 11.3. The minimum Gasteiger partial charge on any atom is -0.508 e. The molecule has 0 unspecified atom stereocenters. The van der Waals surface area contributed by atoms with E-state index in [4.69, 9.17) is 4.98 Å². The number of nitrogens with one attached hydrogen (secondary N) is 1. The average molecular weight is 548 g/mol. The highest BCUT2D eigenvalue weighted by Gasteiger charge is 2.27. The van der Waals surface area contributed by atoms with Crippen LogP contribution in [0.5, 0.6) is 5.75 Å². The molecule has 1 aliphatic heterocycles. The van der Waals surface area contributed by atoms with Crippen molar-refractivity contribution in [1.29, 1.82) is 0 Å². The number of phenolic OH excluding ortho intramolecular Hbond substituents is 1. The van der Waals surface area contributed by atoms with Crippen LogP contribution in [0.4, 0.5) is 5.69 Å². The summed E-state index contributed by atoms with van der Waals surface area (Å²) >= 11 is 1.65. The number of rotatable bonds is 8. The number of hydrogen-bond acceptors (Lipinski definition) is 5. The number of benzene rings is 3. The normalized spacial score (nSPS) is 13.9. The summed E-state index contributed by atoms with van der Waals surface area (Å²) in [6.45, 7) is 2.13. The average Bonchev–Trinajstić information content (AvgIpc) is 3.43. The summed E-state index contributed by atoms with van der Waals surface area (Å²) in [5.74, 6) is 0.826. The summed E-state index contributed by atoms with van der Waals surface area (Å²) in [5, 5.41) is 15.4. The van der Waals surface area contributed by atoms with Crippen LogP contribution in [0, 0.1) is 0 Å². The van der Waals surface area contributed by atoms with E-state index in [9.17, 15) is 9.90 Å². The molecule has 202 valence electrons. The monoisotopic (exact) mass is 547 g/mol. The number of aryl methyl sites for hydroxylation is 2. The number of piperidine rings is 1. The SMILES string of the molecule is O=C(c1cnc2c(CCc3ccc(O)cc3)csc2c1NCc1ccccc1)N1CCC(c2ccccc2)CC1. The summed E-state index contributed by atoms with van der Waals surface area (Å²) < 4.78 is 1.03. The lowest BCUT2D eigenvalue weighted by atomic mass is 9.89. The largest absolute Gasteiger partial charge is 0.508 e. The first-order valence-corrected chi connectivity index (χ1v) is 14.8. The quantitative estimate of drug-likeness (QED) is 0.212. The zero-order valence-corrected chi connectivity index (χ0v) is 23.2. The summed E-state index contributed by atoms with van der Waals surface area (Å²) in [7, 11) is 0. The van der Waals surface area contributed by atoms with Gasteiger partial charge in [-0.1, -0.05) is 72.8 Å². The van der Waals surface area contributed by atoms with E-state index in [1.807, 2.05) is 35.2 Å². The maximum absolute atomic E-state index is 13.9. The predicted octanol–water partition coefficient (Wildman–Crippen LogP) is 7.42. The highest BCUT2D eigenvalue weighted by molar-refractivity contribution is 7.18. The van der Waals surface area contributed by atoms with Gasteiger partial charge in [0.05, 0.1) is 21.5 Å². The van der Waals surface area contributed by atoms with E-state index in [1.54, 1.807) is 29.7 Å². The summed E-state index contributed by atoms with van der Waals surface area (Å²) in [6, 6.07) is 28.3. The molecule has 2 N–H and O–H groups in total. The number of nitrogens with zero attached hydrogens (tertiary/aromatic N) is 2. The Kier molecular flexibility index (Phi) is 7.78. The third-order valence-electron chi connectivity index (χ3n) is 7.87. The van der Waals surface area contributed by atoms with Gasteiger partial charge >= 0.3 is 0 Å². The van der Waals surface area contributed by atoms with Crippen molar-refractivity contribution in [2.75, 3.05) is 18.4 Å². The Morgan fingerprint density at radius 2 is 1.60 bits per heavy atom. The third kappa shape index (κ3) is 5.73. The highest BCUT2D eigenvalue weighted by Crippen LogP contribution is 2.36. The van der Waals surface area contributed by atoms with E-state index in [1.165, 1.54) is 22.3 Å². The molecule has 1 saturated heterocycles. The maximum Gasteiger partial charge on any atom is 0.257 e. The molecule has 40 heavy (non-hydrogen) atoms. The summed E-state index contributed by atoms with van der Waals surface area (Å²) in [5.41, 5.74) is 7.36. The topological polar surface area (TPSA) is 65.5 Å². The van der Waals surface area contributed by atoms with Gasteiger partial charge in [0.25, 0.3) is 5.91 Å². The van der Waals surface area contributed by atoms with Gasteiger partial charge in [-0.15, -0.1) is 11.3 Å². The van der Waals surface area contributed by atoms with Crippen molar-refractivity contribution < 1.29 is 9.90 Å². The Morgan fingerprint density at radius 3 is 2.33 bits per heavy atom.